The fraction of sp³-hybridized carbons (Fsp3) is 0.857. The fourth-order valence-corrected chi connectivity index (χ4v) is 12.6. The molecule has 0 spiro atoms. The van der Waals surface area contributed by atoms with E-state index in [2.05, 4.69) is 67.8 Å². The van der Waals surface area contributed by atoms with E-state index in [1.807, 2.05) is 6.08 Å². The molecular weight excluding hydrogens is 1100 g/mol. The Bertz CT molecular complexity index is 1550. The quantitative estimate of drug-likeness (QED) is 0.0320. The third-order valence-electron chi connectivity index (χ3n) is 18.8. The first-order chi connectivity index (χ1) is 44.5. The van der Waals surface area contributed by atoms with E-state index in [1.165, 1.54) is 353 Å². The van der Waals surface area contributed by atoms with Crippen LogP contribution in [0.2, 0.25) is 0 Å². The van der Waals surface area contributed by atoms with Crippen molar-refractivity contribution in [1.82, 2.24) is 5.32 Å². The number of hydrogen-bond acceptors (Lipinski definition) is 5. The number of aliphatic hydroxyl groups excluding tert-OH is 2. The van der Waals surface area contributed by atoms with Crippen LogP contribution in [-0.2, 0) is 14.3 Å². The lowest BCUT2D eigenvalue weighted by Gasteiger charge is -2.20. The van der Waals surface area contributed by atoms with Crippen LogP contribution in [-0.4, -0.2) is 47.4 Å². The van der Waals surface area contributed by atoms with Gasteiger partial charge in [0.05, 0.1) is 25.4 Å². The number of hydrogen-bond donors (Lipinski definition) is 3. The van der Waals surface area contributed by atoms with Gasteiger partial charge in [-0.25, -0.2) is 0 Å². The number of unbranched alkanes of at least 4 members (excludes halogenated alkanes) is 57. The molecule has 0 aliphatic carbocycles. The second kappa shape index (κ2) is 79.0. The molecule has 0 bridgehead atoms. The van der Waals surface area contributed by atoms with Gasteiger partial charge in [-0.15, -0.1) is 0 Å². The third kappa shape index (κ3) is 74.6. The zero-order valence-corrected chi connectivity index (χ0v) is 60.6. The van der Waals surface area contributed by atoms with Crippen molar-refractivity contribution in [2.75, 3.05) is 13.2 Å². The Labute approximate surface area is 562 Å². The zero-order valence-electron chi connectivity index (χ0n) is 60.6. The Morgan fingerprint density at radius 2 is 0.556 bits per heavy atom. The summed E-state index contributed by atoms with van der Waals surface area (Å²) in [7, 11) is 0. The molecule has 0 aliphatic rings. The Morgan fingerprint density at radius 1 is 0.311 bits per heavy atom. The highest BCUT2D eigenvalue weighted by molar-refractivity contribution is 5.76. The van der Waals surface area contributed by atoms with Crippen molar-refractivity contribution in [3.8, 4) is 0 Å². The second-order valence-electron chi connectivity index (χ2n) is 27.7. The number of amides is 1. The zero-order chi connectivity index (χ0) is 64.9. The van der Waals surface area contributed by atoms with Crippen LogP contribution < -0.4 is 5.32 Å². The third-order valence-corrected chi connectivity index (χ3v) is 18.8. The van der Waals surface area contributed by atoms with E-state index in [9.17, 15) is 19.8 Å². The van der Waals surface area contributed by atoms with Crippen molar-refractivity contribution in [1.29, 1.82) is 0 Å². The van der Waals surface area contributed by atoms with Gasteiger partial charge in [0.1, 0.15) is 0 Å². The standard InChI is InChI=1S/C84H157NO5/c1-3-5-7-9-11-13-15-17-19-21-46-50-54-58-62-66-70-74-78-84(89)90-79-75-71-67-63-59-55-51-47-44-42-40-38-36-34-32-30-28-26-24-22-23-25-27-29-31-33-35-37-39-41-43-45-49-53-57-61-65-69-73-77-83(88)85-81(80-86)82(87)76-72-68-64-60-56-52-48-20-18-16-14-12-10-8-6-4-2/h13,15,19,21-23,26,28,72,76,81-82,86-87H,3-12,14,16-18,20,24-25,27,29-71,73-75,77-80H2,1-2H3,(H,85,88)/b15-13-,21-19-,23-22-,28-26-,76-72+. The van der Waals surface area contributed by atoms with E-state index in [-0.39, 0.29) is 18.5 Å². The molecule has 0 fully saturated rings. The van der Waals surface area contributed by atoms with Gasteiger partial charge < -0.3 is 20.3 Å². The van der Waals surface area contributed by atoms with Crippen molar-refractivity contribution >= 4 is 11.9 Å². The SMILES string of the molecule is CCCCCC/C=C\C/C=C\CCCCCCCCCC(=O)OCCCCCCCCCCCCCCCCC/C=C\C/C=C\CCCCCCCCCCCCCCCCCCCC(=O)NC(CO)C(O)/C=C/CCCCCCCCCCCCCCCC. The van der Waals surface area contributed by atoms with Gasteiger partial charge in [-0.1, -0.05) is 389 Å². The monoisotopic (exact) mass is 1260 g/mol. The van der Waals surface area contributed by atoms with Crippen LogP contribution in [0.25, 0.3) is 0 Å². The average Bonchev–Trinajstić information content (AvgIpc) is 3.72. The number of carbonyl (C=O) groups excluding carboxylic acids is 2. The number of esters is 1. The fourth-order valence-electron chi connectivity index (χ4n) is 12.6. The maximum Gasteiger partial charge on any atom is 0.305 e. The summed E-state index contributed by atoms with van der Waals surface area (Å²) in [4.78, 5) is 24.6. The van der Waals surface area contributed by atoms with Crippen LogP contribution in [0.4, 0.5) is 0 Å². The highest BCUT2D eigenvalue weighted by Gasteiger charge is 2.18. The first-order valence-electron chi connectivity index (χ1n) is 40.6. The number of nitrogens with one attached hydrogen (secondary N) is 1. The summed E-state index contributed by atoms with van der Waals surface area (Å²) in [5.74, 6) is -0.0493. The van der Waals surface area contributed by atoms with Crippen molar-refractivity contribution < 1.29 is 24.5 Å². The Hall–Kier alpha value is -2.44. The first kappa shape index (κ1) is 87.6. The molecule has 3 N–H and O–H groups in total. The molecule has 6 heteroatoms. The summed E-state index contributed by atoms with van der Waals surface area (Å²) in [6.07, 6.45) is 106. The van der Waals surface area contributed by atoms with Crippen molar-refractivity contribution in [2.45, 2.75) is 450 Å². The van der Waals surface area contributed by atoms with Gasteiger partial charge in [0.2, 0.25) is 5.91 Å². The summed E-state index contributed by atoms with van der Waals surface area (Å²) in [5.41, 5.74) is 0. The first-order valence-corrected chi connectivity index (χ1v) is 40.6. The molecule has 1 amide bonds. The van der Waals surface area contributed by atoms with E-state index in [1.54, 1.807) is 6.08 Å². The van der Waals surface area contributed by atoms with Gasteiger partial charge in [-0.3, -0.25) is 9.59 Å². The van der Waals surface area contributed by atoms with Gasteiger partial charge in [0.15, 0.2) is 0 Å². The molecule has 0 saturated heterocycles. The molecule has 6 nitrogen and oxygen atoms in total. The lowest BCUT2D eigenvalue weighted by Crippen LogP contribution is -2.45. The Balaban J connectivity index is 3.36. The van der Waals surface area contributed by atoms with Gasteiger partial charge >= 0.3 is 5.97 Å². The summed E-state index contributed by atoms with van der Waals surface area (Å²) in [6.45, 7) is 4.92. The smallest absolute Gasteiger partial charge is 0.305 e. The summed E-state index contributed by atoms with van der Waals surface area (Å²) in [5, 5.41) is 23.2. The van der Waals surface area contributed by atoms with Crippen molar-refractivity contribution in [3.63, 3.8) is 0 Å². The van der Waals surface area contributed by atoms with E-state index >= 15 is 0 Å². The summed E-state index contributed by atoms with van der Waals surface area (Å²) >= 11 is 0. The lowest BCUT2D eigenvalue weighted by atomic mass is 10.0. The van der Waals surface area contributed by atoms with Crippen LogP contribution in [0.15, 0.2) is 60.8 Å². The Kier molecular flexibility index (Phi) is 76.9. The average molecular weight is 1260 g/mol. The second-order valence-corrected chi connectivity index (χ2v) is 27.7. The molecule has 2 unspecified atom stereocenters. The molecule has 0 aromatic heterocycles. The van der Waals surface area contributed by atoms with Crippen LogP contribution in [0, 0.1) is 0 Å². The Morgan fingerprint density at radius 3 is 0.856 bits per heavy atom. The minimum Gasteiger partial charge on any atom is -0.466 e. The maximum absolute atomic E-state index is 12.5. The van der Waals surface area contributed by atoms with Crippen LogP contribution in [0.3, 0.4) is 0 Å². The molecule has 0 rings (SSSR count). The molecule has 528 valence electrons. The molecule has 0 aromatic rings. The molecule has 0 aromatic carbocycles. The topological polar surface area (TPSA) is 95.9 Å². The molecule has 0 radical (unpaired) electrons. The maximum atomic E-state index is 12.5. The van der Waals surface area contributed by atoms with E-state index < -0.39 is 12.1 Å². The van der Waals surface area contributed by atoms with E-state index in [0.29, 0.717) is 19.4 Å². The minimum atomic E-state index is -0.843. The predicted octanol–water partition coefficient (Wildman–Crippen LogP) is 26.9. The molecular formula is C84H157NO5. The van der Waals surface area contributed by atoms with Crippen molar-refractivity contribution in [3.05, 3.63) is 60.8 Å². The highest BCUT2D eigenvalue weighted by Crippen LogP contribution is 2.19. The minimum absolute atomic E-state index is 0.0130. The summed E-state index contributed by atoms with van der Waals surface area (Å²) < 4.78 is 5.51. The molecule has 2 atom stereocenters. The van der Waals surface area contributed by atoms with Crippen LogP contribution >= 0.6 is 0 Å². The van der Waals surface area contributed by atoms with E-state index in [0.717, 1.165) is 57.8 Å². The van der Waals surface area contributed by atoms with Crippen molar-refractivity contribution in [2.24, 2.45) is 0 Å². The predicted molar refractivity (Wildman–Crippen MR) is 398 cm³/mol. The normalized spacial score (nSPS) is 12.8. The number of allylic oxidation sites excluding steroid dienone is 9. The molecule has 0 saturated carbocycles. The van der Waals surface area contributed by atoms with Crippen LogP contribution in [0.1, 0.15) is 438 Å². The number of ether oxygens (including phenoxy) is 1. The largest absolute Gasteiger partial charge is 0.466 e. The van der Waals surface area contributed by atoms with Crippen LogP contribution in [0.5, 0.6) is 0 Å². The number of rotatable bonds is 76. The molecule has 0 heterocycles. The highest BCUT2D eigenvalue weighted by atomic mass is 16.5. The number of aliphatic hydroxyl groups is 2. The van der Waals surface area contributed by atoms with Gasteiger partial charge in [0.25, 0.3) is 0 Å². The molecule has 0 aliphatic heterocycles. The van der Waals surface area contributed by atoms with E-state index in [4.69, 9.17) is 4.74 Å². The van der Waals surface area contributed by atoms with Gasteiger partial charge in [-0.05, 0) is 96.3 Å². The van der Waals surface area contributed by atoms with Gasteiger partial charge in [-0.2, -0.15) is 0 Å². The summed E-state index contributed by atoms with van der Waals surface area (Å²) in [6, 6.07) is -0.626. The van der Waals surface area contributed by atoms with Gasteiger partial charge in [0, 0.05) is 12.8 Å². The lowest BCUT2D eigenvalue weighted by molar-refractivity contribution is -0.143. The number of carbonyl (C=O) groups is 2. The molecule has 90 heavy (non-hydrogen) atoms.